The molecule has 3 aromatic rings. The Morgan fingerprint density at radius 1 is 0.947 bits per heavy atom. The van der Waals surface area contributed by atoms with E-state index >= 15 is 0 Å². The monoisotopic (exact) mass is 249 g/mol. The van der Waals surface area contributed by atoms with Crippen LogP contribution in [0, 0.1) is 13.8 Å². The van der Waals surface area contributed by atoms with Gasteiger partial charge >= 0.3 is 0 Å². The number of rotatable bonds is 2. The minimum Gasteiger partial charge on any atom is -0.339 e. The molecule has 3 heteroatoms. The van der Waals surface area contributed by atoms with E-state index < -0.39 is 0 Å². The molecule has 3 rings (SSSR count). The van der Waals surface area contributed by atoms with Crippen LogP contribution in [0.4, 0.5) is 11.5 Å². The Bertz CT molecular complexity index is 730. The number of hydrogen-bond donors (Lipinski definition) is 1. The van der Waals surface area contributed by atoms with Gasteiger partial charge in [-0.2, -0.15) is 0 Å². The van der Waals surface area contributed by atoms with Crippen LogP contribution >= 0.6 is 0 Å². The molecule has 0 aliphatic rings. The third kappa shape index (κ3) is 2.27. The minimum atomic E-state index is 0.847. The van der Waals surface area contributed by atoms with E-state index in [9.17, 15) is 0 Å². The molecule has 1 aromatic heterocycles. The summed E-state index contributed by atoms with van der Waals surface area (Å²) in [5, 5.41) is 4.44. The van der Waals surface area contributed by atoms with Crippen molar-refractivity contribution in [2.45, 2.75) is 13.8 Å². The predicted molar refractivity (Wildman–Crippen MR) is 78.7 cm³/mol. The van der Waals surface area contributed by atoms with Crippen LogP contribution in [0.15, 0.2) is 48.8 Å². The first-order valence-electron chi connectivity index (χ1n) is 6.28. The standard InChI is InChI=1S/C16H15N3/c1-11-7-8-12(2)15(9-11)19-16-13-5-3-4-6-14(13)17-10-18-16/h3-10H,1-2H3,(H,17,18,19). The molecule has 0 saturated carbocycles. The summed E-state index contributed by atoms with van der Waals surface area (Å²) in [6, 6.07) is 14.4. The first-order chi connectivity index (χ1) is 9.24. The second kappa shape index (κ2) is 4.69. The topological polar surface area (TPSA) is 37.8 Å². The van der Waals surface area contributed by atoms with Crippen molar-refractivity contribution in [3.63, 3.8) is 0 Å². The molecule has 1 heterocycles. The molecular formula is C16H15N3. The van der Waals surface area contributed by atoms with Crippen molar-refractivity contribution in [3.05, 3.63) is 59.9 Å². The van der Waals surface area contributed by atoms with E-state index in [4.69, 9.17) is 0 Å². The van der Waals surface area contributed by atoms with Gasteiger partial charge in [0.25, 0.3) is 0 Å². The fourth-order valence-electron chi connectivity index (χ4n) is 2.10. The van der Waals surface area contributed by atoms with Gasteiger partial charge in [-0.25, -0.2) is 9.97 Å². The van der Waals surface area contributed by atoms with E-state index in [2.05, 4.69) is 47.3 Å². The molecule has 94 valence electrons. The van der Waals surface area contributed by atoms with Gasteiger partial charge in [0.1, 0.15) is 12.1 Å². The van der Waals surface area contributed by atoms with Gasteiger partial charge in [0.15, 0.2) is 0 Å². The largest absolute Gasteiger partial charge is 0.339 e. The van der Waals surface area contributed by atoms with Gasteiger partial charge in [0.2, 0.25) is 0 Å². The number of aryl methyl sites for hydroxylation is 2. The van der Waals surface area contributed by atoms with Crippen molar-refractivity contribution in [1.29, 1.82) is 0 Å². The first kappa shape index (κ1) is 11.7. The van der Waals surface area contributed by atoms with Crippen LogP contribution in [-0.2, 0) is 0 Å². The van der Waals surface area contributed by atoms with Gasteiger partial charge in [-0.15, -0.1) is 0 Å². The first-order valence-corrected chi connectivity index (χ1v) is 6.28. The molecule has 0 unspecified atom stereocenters. The van der Waals surface area contributed by atoms with E-state index in [-0.39, 0.29) is 0 Å². The Hall–Kier alpha value is -2.42. The van der Waals surface area contributed by atoms with Crippen molar-refractivity contribution in [1.82, 2.24) is 9.97 Å². The number of nitrogens with one attached hydrogen (secondary N) is 1. The summed E-state index contributed by atoms with van der Waals surface area (Å²) in [4.78, 5) is 8.62. The lowest BCUT2D eigenvalue weighted by Gasteiger charge is -2.11. The Morgan fingerprint density at radius 2 is 1.79 bits per heavy atom. The molecule has 2 aromatic carbocycles. The molecule has 0 saturated heterocycles. The fraction of sp³-hybridized carbons (Fsp3) is 0.125. The number of hydrogen-bond acceptors (Lipinski definition) is 3. The second-order valence-electron chi connectivity index (χ2n) is 4.68. The fourth-order valence-corrected chi connectivity index (χ4v) is 2.10. The van der Waals surface area contributed by atoms with Crippen molar-refractivity contribution in [2.75, 3.05) is 5.32 Å². The molecule has 19 heavy (non-hydrogen) atoms. The van der Waals surface area contributed by atoms with Crippen molar-refractivity contribution in [3.8, 4) is 0 Å². The zero-order valence-electron chi connectivity index (χ0n) is 11.0. The van der Waals surface area contributed by atoms with Crippen LogP contribution in [-0.4, -0.2) is 9.97 Å². The summed E-state index contributed by atoms with van der Waals surface area (Å²) < 4.78 is 0. The van der Waals surface area contributed by atoms with Crippen LogP contribution in [0.5, 0.6) is 0 Å². The van der Waals surface area contributed by atoms with Crippen LogP contribution in [0.2, 0.25) is 0 Å². The number of nitrogens with zero attached hydrogens (tertiary/aromatic N) is 2. The van der Waals surface area contributed by atoms with Gasteiger partial charge in [0, 0.05) is 11.1 Å². The summed E-state index contributed by atoms with van der Waals surface area (Å²) in [7, 11) is 0. The van der Waals surface area contributed by atoms with Crippen LogP contribution in [0.1, 0.15) is 11.1 Å². The number of anilines is 2. The SMILES string of the molecule is Cc1ccc(C)c(Nc2ncnc3ccccc23)c1. The zero-order chi connectivity index (χ0) is 13.2. The molecule has 3 nitrogen and oxygen atoms in total. The molecule has 0 atom stereocenters. The third-order valence-electron chi connectivity index (χ3n) is 3.19. The highest BCUT2D eigenvalue weighted by molar-refractivity contribution is 5.90. The normalized spacial score (nSPS) is 10.6. The van der Waals surface area contributed by atoms with Gasteiger partial charge in [-0.1, -0.05) is 24.3 Å². The quantitative estimate of drug-likeness (QED) is 0.746. The lowest BCUT2D eigenvalue weighted by atomic mass is 10.1. The molecule has 1 N–H and O–H groups in total. The van der Waals surface area contributed by atoms with E-state index in [0.717, 1.165) is 22.4 Å². The third-order valence-corrected chi connectivity index (χ3v) is 3.19. The molecule has 0 amide bonds. The Morgan fingerprint density at radius 3 is 2.68 bits per heavy atom. The predicted octanol–water partition coefficient (Wildman–Crippen LogP) is 3.99. The maximum atomic E-state index is 4.35. The summed E-state index contributed by atoms with van der Waals surface area (Å²) >= 11 is 0. The smallest absolute Gasteiger partial charge is 0.141 e. The van der Waals surface area contributed by atoms with Gasteiger partial charge in [-0.05, 0) is 43.2 Å². The van der Waals surface area contributed by atoms with Crippen LogP contribution in [0.25, 0.3) is 10.9 Å². The van der Waals surface area contributed by atoms with Crippen LogP contribution < -0.4 is 5.32 Å². The Balaban J connectivity index is 2.08. The number of para-hydroxylation sites is 1. The molecule has 0 radical (unpaired) electrons. The maximum absolute atomic E-state index is 4.35. The number of benzene rings is 2. The van der Waals surface area contributed by atoms with Gasteiger partial charge in [-0.3, -0.25) is 0 Å². The molecule has 0 fully saturated rings. The average molecular weight is 249 g/mol. The lowest BCUT2D eigenvalue weighted by Crippen LogP contribution is -1.98. The molecule has 0 bridgehead atoms. The maximum Gasteiger partial charge on any atom is 0.141 e. The number of aromatic nitrogens is 2. The summed E-state index contributed by atoms with van der Waals surface area (Å²) in [6.45, 7) is 4.17. The summed E-state index contributed by atoms with van der Waals surface area (Å²) in [5.74, 6) is 0.847. The number of fused-ring (bicyclic) bond motifs is 1. The lowest BCUT2D eigenvalue weighted by molar-refractivity contribution is 1.21. The molecule has 0 spiro atoms. The van der Waals surface area contributed by atoms with Crippen molar-refractivity contribution in [2.24, 2.45) is 0 Å². The van der Waals surface area contributed by atoms with Crippen molar-refractivity contribution < 1.29 is 0 Å². The van der Waals surface area contributed by atoms with Gasteiger partial charge < -0.3 is 5.32 Å². The second-order valence-corrected chi connectivity index (χ2v) is 4.68. The minimum absolute atomic E-state index is 0.847. The average Bonchev–Trinajstić information content (AvgIpc) is 2.43. The molecule has 0 aliphatic carbocycles. The highest BCUT2D eigenvalue weighted by atomic mass is 15.0. The highest BCUT2D eigenvalue weighted by Crippen LogP contribution is 2.25. The van der Waals surface area contributed by atoms with E-state index in [0.29, 0.717) is 0 Å². The molecule has 0 aliphatic heterocycles. The van der Waals surface area contributed by atoms with E-state index in [1.807, 2.05) is 24.3 Å². The van der Waals surface area contributed by atoms with E-state index in [1.54, 1.807) is 6.33 Å². The zero-order valence-corrected chi connectivity index (χ0v) is 11.0. The van der Waals surface area contributed by atoms with Gasteiger partial charge in [0.05, 0.1) is 5.52 Å². The Kier molecular flexibility index (Phi) is 2.88. The van der Waals surface area contributed by atoms with E-state index in [1.165, 1.54) is 11.1 Å². The Labute approximate surface area is 112 Å². The highest BCUT2D eigenvalue weighted by Gasteiger charge is 2.05. The van der Waals surface area contributed by atoms with Crippen molar-refractivity contribution >= 4 is 22.4 Å². The summed E-state index contributed by atoms with van der Waals surface area (Å²) in [6.07, 6.45) is 1.59. The molecular weight excluding hydrogens is 234 g/mol. The summed E-state index contributed by atoms with van der Waals surface area (Å²) in [5.41, 5.74) is 4.47. The van der Waals surface area contributed by atoms with Crippen LogP contribution in [0.3, 0.4) is 0 Å².